The first kappa shape index (κ1) is 14.5. The van der Waals surface area contributed by atoms with Crippen molar-refractivity contribution in [2.45, 2.75) is 57.5 Å². The lowest BCUT2D eigenvalue weighted by molar-refractivity contribution is -0.121. The van der Waals surface area contributed by atoms with Crippen molar-refractivity contribution in [2.24, 2.45) is 5.73 Å². The second-order valence-corrected chi connectivity index (χ2v) is 5.15. The van der Waals surface area contributed by atoms with Crippen molar-refractivity contribution >= 4 is 5.91 Å². The second kappa shape index (κ2) is 6.36. The molecule has 17 heavy (non-hydrogen) atoms. The summed E-state index contributed by atoms with van der Waals surface area (Å²) in [5, 5.41) is 3.02. The maximum absolute atomic E-state index is 11.6. The standard InChI is InChI=1S/C13H27N3O/c1-4-13(5-2,10-14)16(3)9-8-12(17)15-11-6-7-11/h11H,4-10,14H2,1-3H3,(H,15,17). The largest absolute Gasteiger partial charge is 0.353 e. The molecule has 0 heterocycles. The molecule has 0 aromatic rings. The van der Waals surface area contributed by atoms with Gasteiger partial charge < -0.3 is 11.1 Å². The lowest BCUT2D eigenvalue weighted by Crippen LogP contribution is -2.52. The van der Waals surface area contributed by atoms with E-state index in [1.54, 1.807) is 0 Å². The third-order valence-electron chi connectivity index (χ3n) is 4.12. The monoisotopic (exact) mass is 241 g/mol. The van der Waals surface area contributed by atoms with Crippen molar-refractivity contribution in [1.29, 1.82) is 0 Å². The number of nitrogens with zero attached hydrogens (tertiary/aromatic N) is 1. The van der Waals surface area contributed by atoms with Gasteiger partial charge in [0.05, 0.1) is 0 Å². The number of amides is 1. The van der Waals surface area contributed by atoms with Crippen LogP contribution in [0.4, 0.5) is 0 Å². The van der Waals surface area contributed by atoms with Gasteiger partial charge >= 0.3 is 0 Å². The van der Waals surface area contributed by atoms with Crippen LogP contribution < -0.4 is 11.1 Å². The van der Waals surface area contributed by atoms with Crippen LogP contribution in [0.2, 0.25) is 0 Å². The van der Waals surface area contributed by atoms with Crippen LogP contribution in [0.15, 0.2) is 0 Å². The molecule has 0 aliphatic heterocycles. The van der Waals surface area contributed by atoms with Crippen LogP contribution in [0.1, 0.15) is 46.0 Å². The number of nitrogens with two attached hydrogens (primary N) is 1. The van der Waals surface area contributed by atoms with Gasteiger partial charge in [-0.3, -0.25) is 9.69 Å². The van der Waals surface area contributed by atoms with Crippen LogP contribution >= 0.6 is 0 Å². The summed E-state index contributed by atoms with van der Waals surface area (Å²) in [5.41, 5.74) is 5.94. The minimum Gasteiger partial charge on any atom is -0.353 e. The minimum atomic E-state index is 0.0554. The summed E-state index contributed by atoms with van der Waals surface area (Å²) in [6.07, 6.45) is 4.94. The van der Waals surface area contributed by atoms with E-state index >= 15 is 0 Å². The number of nitrogens with one attached hydrogen (secondary N) is 1. The number of carbonyl (C=O) groups is 1. The van der Waals surface area contributed by atoms with E-state index < -0.39 is 0 Å². The van der Waals surface area contributed by atoms with Gasteiger partial charge in [-0.25, -0.2) is 0 Å². The molecule has 0 radical (unpaired) electrons. The fourth-order valence-corrected chi connectivity index (χ4v) is 2.27. The summed E-state index contributed by atoms with van der Waals surface area (Å²) in [5.74, 6) is 0.178. The van der Waals surface area contributed by atoms with E-state index in [1.807, 2.05) is 0 Å². The maximum atomic E-state index is 11.6. The number of rotatable bonds is 8. The average Bonchev–Trinajstić information content (AvgIpc) is 3.13. The zero-order chi connectivity index (χ0) is 12.9. The van der Waals surface area contributed by atoms with Crippen LogP contribution in [-0.2, 0) is 4.79 Å². The van der Waals surface area contributed by atoms with Gasteiger partial charge in [-0.15, -0.1) is 0 Å². The van der Waals surface area contributed by atoms with Crippen LogP contribution in [0, 0.1) is 0 Å². The van der Waals surface area contributed by atoms with Crippen molar-refractivity contribution in [2.75, 3.05) is 20.1 Å². The Labute approximate surface area is 105 Å². The lowest BCUT2D eigenvalue weighted by atomic mass is 9.91. The number of likely N-dealkylation sites (N-methyl/N-ethyl adjacent to an activating group) is 1. The van der Waals surface area contributed by atoms with E-state index in [2.05, 4.69) is 31.1 Å². The molecule has 4 heteroatoms. The van der Waals surface area contributed by atoms with E-state index in [4.69, 9.17) is 5.73 Å². The molecule has 1 saturated carbocycles. The molecular weight excluding hydrogens is 214 g/mol. The summed E-state index contributed by atoms with van der Waals surface area (Å²) < 4.78 is 0. The third kappa shape index (κ3) is 3.96. The quantitative estimate of drug-likeness (QED) is 0.669. The molecule has 1 amide bonds. The normalized spacial score (nSPS) is 16.3. The molecule has 0 bridgehead atoms. The summed E-state index contributed by atoms with van der Waals surface area (Å²) in [6, 6.07) is 0.462. The van der Waals surface area contributed by atoms with Gasteiger partial charge in [-0.05, 0) is 32.7 Å². The van der Waals surface area contributed by atoms with Crippen LogP contribution in [-0.4, -0.2) is 42.5 Å². The smallest absolute Gasteiger partial charge is 0.221 e. The van der Waals surface area contributed by atoms with Gasteiger partial charge in [-0.2, -0.15) is 0 Å². The fourth-order valence-electron chi connectivity index (χ4n) is 2.27. The second-order valence-electron chi connectivity index (χ2n) is 5.15. The predicted molar refractivity (Wildman–Crippen MR) is 70.8 cm³/mol. The minimum absolute atomic E-state index is 0.0554. The van der Waals surface area contributed by atoms with Crippen LogP contribution in [0.25, 0.3) is 0 Å². The highest BCUT2D eigenvalue weighted by atomic mass is 16.1. The van der Waals surface area contributed by atoms with Gasteiger partial charge in [-0.1, -0.05) is 13.8 Å². The Morgan fingerprint density at radius 2 is 2.00 bits per heavy atom. The first-order chi connectivity index (χ1) is 8.07. The molecule has 0 spiro atoms. The molecule has 100 valence electrons. The zero-order valence-corrected chi connectivity index (χ0v) is 11.5. The summed E-state index contributed by atoms with van der Waals surface area (Å²) in [4.78, 5) is 13.9. The topological polar surface area (TPSA) is 58.4 Å². The SMILES string of the molecule is CCC(CC)(CN)N(C)CCC(=O)NC1CC1. The van der Waals surface area contributed by atoms with Crippen LogP contribution in [0.5, 0.6) is 0 Å². The molecule has 0 atom stereocenters. The Balaban J connectivity index is 2.35. The number of hydrogen-bond donors (Lipinski definition) is 2. The molecule has 0 aromatic carbocycles. The number of hydrogen-bond acceptors (Lipinski definition) is 3. The first-order valence-corrected chi connectivity index (χ1v) is 6.78. The fraction of sp³-hybridized carbons (Fsp3) is 0.923. The molecule has 1 aliphatic rings. The van der Waals surface area contributed by atoms with Crippen molar-refractivity contribution in [3.05, 3.63) is 0 Å². The van der Waals surface area contributed by atoms with Crippen molar-refractivity contribution in [3.8, 4) is 0 Å². The highest BCUT2D eigenvalue weighted by Gasteiger charge is 2.30. The van der Waals surface area contributed by atoms with Crippen molar-refractivity contribution in [3.63, 3.8) is 0 Å². The summed E-state index contributed by atoms with van der Waals surface area (Å²) >= 11 is 0. The molecule has 1 fully saturated rings. The zero-order valence-electron chi connectivity index (χ0n) is 11.5. The Kier molecular flexibility index (Phi) is 5.40. The van der Waals surface area contributed by atoms with E-state index in [1.165, 1.54) is 0 Å². The molecule has 0 saturated heterocycles. The van der Waals surface area contributed by atoms with Crippen LogP contribution in [0.3, 0.4) is 0 Å². The molecule has 1 aliphatic carbocycles. The lowest BCUT2D eigenvalue weighted by Gasteiger charge is -2.40. The summed E-state index contributed by atoms with van der Waals surface area (Å²) in [7, 11) is 2.07. The number of carbonyl (C=O) groups excluding carboxylic acids is 1. The molecule has 3 N–H and O–H groups in total. The van der Waals surface area contributed by atoms with Crippen molar-refractivity contribution < 1.29 is 4.79 Å². The maximum Gasteiger partial charge on any atom is 0.221 e. The highest BCUT2D eigenvalue weighted by molar-refractivity contribution is 5.76. The Morgan fingerprint density at radius 3 is 2.41 bits per heavy atom. The van der Waals surface area contributed by atoms with Gasteiger partial charge in [0, 0.05) is 31.1 Å². The summed E-state index contributed by atoms with van der Waals surface area (Å²) in [6.45, 7) is 5.77. The highest BCUT2D eigenvalue weighted by Crippen LogP contribution is 2.22. The van der Waals surface area contributed by atoms with Gasteiger partial charge in [0.15, 0.2) is 0 Å². The van der Waals surface area contributed by atoms with Crippen molar-refractivity contribution in [1.82, 2.24) is 10.2 Å². The van der Waals surface area contributed by atoms with E-state index in [-0.39, 0.29) is 11.4 Å². The van der Waals surface area contributed by atoms with Gasteiger partial charge in [0.1, 0.15) is 0 Å². The van der Waals surface area contributed by atoms with E-state index in [9.17, 15) is 4.79 Å². The molecule has 1 rings (SSSR count). The molecular formula is C13H27N3O. The molecule has 4 nitrogen and oxygen atoms in total. The van der Waals surface area contributed by atoms with E-state index in [0.29, 0.717) is 19.0 Å². The molecule has 0 unspecified atom stereocenters. The van der Waals surface area contributed by atoms with E-state index in [0.717, 1.165) is 32.2 Å². The Morgan fingerprint density at radius 1 is 1.41 bits per heavy atom. The Hall–Kier alpha value is -0.610. The van der Waals surface area contributed by atoms with Gasteiger partial charge in [0.25, 0.3) is 0 Å². The Bertz CT molecular complexity index is 239. The average molecular weight is 241 g/mol. The predicted octanol–water partition coefficient (Wildman–Crippen LogP) is 1.10. The third-order valence-corrected chi connectivity index (χ3v) is 4.12. The first-order valence-electron chi connectivity index (χ1n) is 6.78. The van der Waals surface area contributed by atoms with Gasteiger partial charge in [0.2, 0.25) is 5.91 Å². The molecule has 0 aromatic heterocycles.